The lowest BCUT2D eigenvalue weighted by molar-refractivity contribution is -0.117. The number of halogens is 1. The van der Waals surface area contributed by atoms with E-state index in [4.69, 9.17) is 0 Å². The molecule has 0 saturated carbocycles. The molecule has 1 aromatic rings. The van der Waals surface area contributed by atoms with Gasteiger partial charge in [0.05, 0.1) is 11.7 Å². The van der Waals surface area contributed by atoms with Crippen LogP contribution < -0.4 is 10.6 Å². The Bertz CT molecular complexity index is 336. The molecule has 1 atom stereocenters. The molecule has 1 aliphatic rings. The summed E-state index contributed by atoms with van der Waals surface area (Å²) in [6, 6.07) is -0.0285. The van der Waals surface area contributed by atoms with Crippen molar-refractivity contribution in [1.82, 2.24) is 10.3 Å². The number of amides is 1. The van der Waals surface area contributed by atoms with Crippen LogP contribution in [0.25, 0.3) is 0 Å². The molecule has 1 saturated heterocycles. The third-order valence-electron chi connectivity index (χ3n) is 2.23. The summed E-state index contributed by atoms with van der Waals surface area (Å²) in [6.45, 7) is 2.86. The van der Waals surface area contributed by atoms with Crippen molar-refractivity contribution < 1.29 is 4.79 Å². The molecule has 15 heavy (non-hydrogen) atoms. The average Bonchev–Trinajstić information content (AvgIpc) is 2.75. The van der Waals surface area contributed by atoms with Gasteiger partial charge in [0.1, 0.15) is 0 Å². The maximum atomic E-state index is 11.6. The first-order valence-electron chi connectivity index (χ1n) is 4.72. The molecular formula is C9H14ClN3OS. The quantitative estimate of drug-likeness (QED) is 0.834. The number of nitrogens with zero attached hydrogens (tertiary/aromatic N) is 1. The molecule has 6 heteroatoms. The highest BCUT2D eigenvalue weighted by atomic mass is 35.5. The van der Waals surface area contributed by atoms with Crippen LogP contribution in [0.1, 0.15) is 18.5 Å². The molecule has 1 aliphatic heterocycles. The van der Waals surface area contributed by atoms with Gasteiger partial charge >= 0.3 is 0 Å². The maximum Gasteiger partial charge on any atom is 0.243 e. The van der Waals surface area contributed by atoms with Crippen molar-refractivity contribution in [2.45, 2.75) is 25.8 Å². The van der Waals surface area contributed by atoms with Gasteiger partial charge < -0.3 is 10.6 Å². The molecule has 1 amide bonds. The Morgan fingerprint density at radius 2 is 2.53 bits per heavy atom. The third kappa shape index (κ3) is 3.15. The normalized spacial score (nSPS) is 19.7. The van der Waals surface area contributed by atoms with Crippen LogP contribution in [-0.4, -0.2) is 23.5 Å². The van der Waals surface area contributed by atoms with E-state index in [0.717, 1.165) is 25.1 Å². The Balaban J connectivity index is 0.00000112. The zero-order valence-electron chi connectivity index (χ0n) is 8.45. The minimum Gasteiger partial charge on any atom is -0.306 e. The second-order valence-electron chi connectivity index (χ2n) is 3.43. The molecular weight excluding hydrogens is 234 g/mol. The SMILES string of the molecule is Cc1csc(NC(=O)C2CCCN2)n1.Cl. The standard InChI is InChI=1S/C9H13N3OS.ClH/c1-6-5-14-9(11-6)12-8(13)7-3-2-4-10-7;/h5,7,10H,2-4H2,1H3,(H,11,12,13);1H. The van der Waals surface area contributed by atoms with Gasteiger partial charge in [-0.25, -0.2) is 4.98 Å². The fourth-order valence-electron chi connectivity index (χ4n) is 1.51. The zero-order chi connectivity index (χ0) is 9.97. The number of rotatable bonds is 2. The molecule has 1 unspecified atom stereocenters. The number of aromatic nitrogens is 1. The van der Waals surface area contributed by atoms with Gasteiger partial charge in [-0.05, 0) is 26.3 Å². The van der Waals surface area contributed by atoms with E-state index in [1.807, 2.05) is 12.3 Å². The predicted molar refractivity (Wildman–Crippen MR) is 63.8 cm³/mol. The fourth-order valence-corrected chi connectivity index (χ4v) is 2.20. The van der Waals surface area contributed by atoms with Crippen LogP contribution in [0.4, 0.5) is 5.13 Å². The molecule has 4 nitrogen and oxygen atoms in total. The molecule has 1 fully saturated rings. The highest BCUT2D eigenvalue weighted by molar-refractivity contribution is 7.13. The van der Waals surface area contributed by atoms with Gasteiger partial charge in [0.15, 0.2) is 5.13 Å². The van der Waals surface area contributed by atoms with E-state index >= 15 is 0 Å². The van der Waals surface area contributed by atoms with Crippen molar-refractivity contribution in [3.8, 4) is 0 Å². The van der Waals surface area contributed by atoms with Crippen LogP contribution in [0.2, 0.25) is 0 Å². The van der Waals surface area contributed by atoms with Crippen LogP contribution in [0.5, 0.6) is 0 Å². The molecule has 2 heterocycles. The Morgan fingerprint density at radius 3 is 3.07 bits per heavy atom. The smallest absolute Gasteiger partial charge is 0.243 e. The number of hydrogen-bond acceptors (Lipinski definition) is 4. The van der Waals surface area contributed by atoms with E-state index in [-0.39, 0.29) is 24.4 Å². The summed E-state index contributed by atoms with van der Waals surface area (Å²) in [5.41, 5.74) is 0.949. The molecule has 0 radical (unpaired) electrons. The number of carbonyl (C=O) groups is 1. The highest BCUT2D eigenvalue weighted by Crippen LogP contribution is 2.15. The van der Waals surface area contributed by atoms with Crippen molar-refractivity contribution in [2.75, 3.05) is 11.9 Å². The largest absolute Gasteiger partial charge is 0.306 e. The second-order valence-corrected chi connectivity index (χ2v) is 4.29. The summed E-state index contributed by atoms with van der Waals surface area (Å²) in [7, 11) is 0. The van der Waals surface area contributed by atoms with Crippen LogP contribution >= 0.6 is 23.7 Å². The molecule has 0 aromatic carbocycles. The summed E-state index contributed by atoms with van der Waals surface area (Å²) in [5.74, 6) is 0.0388. The molecule has 2 N–H and O–H groups in total. The minimum atomic E-state index is -0.0285. The number of nitrogens with one attached hydrogen (secondary N) is 2. The van der Waals surface area contributed by atoms with E-state index in [9.17, 15) is 4.79 Å². The molecule has 84 valence electrons. The van der Waals surface area contributed by atoms with Crippen LogP contribution in [0.15, 0.2) is 5.38 Å². The topological polar surface area (TPSA) is 54.0 Å². The van der Waals surface area contributed by atoms with Crippen molar-refractivity contribution >= 4 is 34.8 Å². The second kappa shape index (κ2) is 5.44. The molecule has 0 bridgehead atoms. The Labute approximate surface area is 98.9 Å². The Hall–Kier alpha value is -0.650. The number of hydrogen-bond donors (Lipinski definition) is 2. The van der Waals surface area contributed by atoms with Crippen molar-refractivity contribution in [3.05, 3.63) is 11.1 Å². The number of anilines is 1. The van der Waals surface area contributed by atoms with E-state index in [1.54, 1.807) is 0 Å². The summed E-state index contributed by atoms with van der Waals surface area (Å²) in [5, 5.41) is 8.58. The van der Waals surface area contributed by atoms with Gasteiger partial charge in [0.25, 0.3) is 0 Å². The monoisotopic (exact) mass is 247 g/mol. The van der Waals surface area contributed by atoms with Crippen molar-refractivity contribution in [3.63, 3.8) is 0 Å². The zero-order valence-corrected chi connectivity index (χ0v) is 10.1. The lowest BCUT2D eigenvalue weighted by Crippen LogP contribution is -2.35. The summed E-state index contributed by atoms with van der Waals surface area (Å²) in [4.78, 5) is 15.8. The predicted octanol–water partition coefficient (Wildman–Crippen LogP) is 1.56. The molecule has 1 aromatic heterocycles. The highest BCUT2D eigenvalue weighted by Gasteiger charge is 2.22. The summed E-state index contributed by atoms with van der Waals surface area (Å²) < 4.78 is 0. The van der Waals surface area contributed by atoms with Gasteiger partial charge in [-0.3, -0.25) is 4.79 Å². The lowest BCUT2D eigenvalue weighted by atomic mass is 10.2. The molecule has 0 aliphatic carbocycles. The number of aryl methyl sites for hydroxylation is 1. The number of carbonyl (C=O) groups excluding carboxylic acids is 1. The van der Waals surface area contributed by atoms with E-state index in [2.05, 4.69) is 15.6 Å². The van der Waals surface area contributed by atoms with E-state index in [1.165, 1.54) is 11.3 Å². The third-order valence-corrected chi connectivity index (χ3v) is 3.10. The van der Waals surface area contributed by atoms with Gasteiger partial charge in [-0.2, -0.15) is 0 Å². The van der Waals surface area contributed by atoms with Crippen molar-refractivity contribution in [2.24, 2.45) is 0 Å². The van der Waals surface area contributed by atoms with Gasteiger partial charge in [-0.1, -0.05) is 0 Å². The summed E-state index contributed by atoms with van der Waals surface area (Å²) in [6.07, 6.45) is 2.01. The minimum absolute atomic E-state index is 0. The Morgan fingerprint density at radius 1 is 1.73 bits per heavy atom. The van der Waals surface area contributed by atoms with E-state index in [0.29, 0.717) is 5.13 Å². The molecule has 0 spiro atoms. The molecule has 2 rings (SSSR count). The Kier molecular flexibility index (Phi) is 4.50. The first kappa shape index (κ1) is 12.4. The summed E-state index contributed by atoms with van der Waals surface area (Å²) >= 11 is 1.47. The lowest BCUT2D eigenvalue weighted by Gasteiger charge is -2.08. The van der Waals surface area contributed by atoms with Gasteiger partial charge in [0, 0.05) is 5.38 Å². The fraction of sp³-hybridized carbons (Fsp3) is 0.556. The van der Waals surface area contributed by atoms with Crippen LogP contribution in [0, 0.1) is 6.92 Å². The van der Waals surface area contributed by atoms with Gasteiger partial charge in [-0.15, -0.1) is 23.7 Å². The number of thiazole rings is 1. The van der Waals surface area contributed by atoms with E-state index < -0.39 is 0 Å². The van der Waals surface area contributed by atoms with Crippen molar-refractivity contribution in [1.29, 1.82) is 0 Å². The first-order valence-corrected chi connectivity index (χ1v) is 5.60. The average molecular weight is 248 g/mol. The van der Waals surface area contributed by atoms with Gasteiger partial charge in [0.2, 0.25) is 5.91 Å². The first-order chi connectivity index (χ1) is 6.75. The van der Waals surface area contributed by atoms with Crippen LogP contribution in [0.3, 0.4) is 0 Å². The maximum absolute atomic E-state index is 11.6. The van der Waals surface area contributed by atoms with Crippen LogP contribution in [-0.2, 0) is 4.79 Å².